The van der Waals surface area contributed by atoms with Gasteiger partial charge < -0.3 is 31.9 Å². The minimum atomic E-state index is -2.53. The van der Waals surface area contributed by atoms with Gasteiger partial charge in [0.1, 0.15) is 17.8 Å². The van der Waals surface area contributed by atoms with Crippen molar-refractivity contribution in [3.63, 3.8) is 0 Å². The van der Waals surface area contributed by atoms with Crippen LogP contribution in [0.2, 0.25) is 0 Å². The van der Waals surface area contributed by atoms with Crippen LogP contribution in [-0.4, -0.2) is 55.7 Å². The fourth-order valence-corrected chi connectivity index (χ4v) is 8.47. The zero-order valence-electron chi connectivity index (χ0n) is 22.5. The Bertz CT molecular complexity index is 1390. The van der Waals surface area contributed by atoms with Crippen LogP contribution in [0.4, 0.5) is 5.69 Å². The van der Waals surface area contributed by atoms with Gasteiger partial charge in [0.2, 0.25) is 5.91 Å². The highest BCUT2D eigenvalue weighted by Gasteiger charge is 2.75. The average molecular weight is 537 g/mol. The molecule has 1 amide bonds. The first-order valence-corrected chi connectivity index (χ1v) is 13.3. The molecule has 5 rings (SSSR count). The monoisotopic (exact) mass is 536 g/mol. The number of Topliss-reactive ketones (excluding diaryl/α,β-unsaturated/α-hetero) is 2. The Morgan fingerprint density at radius 3 is 2.23 bits per heavy atom. The van der Waals surface area contributed by atoms with E-state index in [2.05, 4.69) is 0 Å². The highest BCUT2D eigenvalue weighted by atomic mass is 16.4. The van der Waals surface area contributed by atoms with Crippen molar-refractivity contribution in [2.24, 2.45) is 40.2 Å². The van der Waals surface area contributed by atoms with Gasteiger partial charge >= 0.3 is 0 Å². The van der Waals surface area contributed by atoms with Crippen LogP contribution in [0.5, 0.6) is 5.75 Å². The number of nitrogens with two attached hydrogens (primary N) is 2. The van der Waals surface area contributed by atoms with Crippen molar-refractivity contribution in [2.45, 2.75) is 58.3 Å². The molecule has 9 heteroatoms. The lowest BCUT2D eigenvalue weighted by Crippen LogP contribution is -2.79. The molecule has 0 heterocycles. The lowest BCUT2D eigenvalue weighted by atomic mass is 9.39. The Kier molecular flexibility index (Phi) is 6.03. The van der Waals surface area contributed by atoms with Crippen LogP contribution < -0.4 is 11.5 Å². The van der Waals surface area contributed by atoms with E-state index in [0.717, 1.165) is 11.1 Å². The maximum Gasteiger partial charge on any atom is 0.230 e. The number of hydrogen-bond acceptors (Lipinski definition) is 8. The van der Waals surface area contributed by atoms with E-state index in [9.17, 15) is 34.8 Å². The summed E-state index contributed by atoms with van der Waals surface area (Å²) in [7, 11) is 0. The Hall–Kier alpha value is -3.27. The molecule has 2 saturated carbocycles. The molecule has 208 valence electrons. The average Bonchev–Trinajstić information content (AvgIpc) is 2.82. The van der Waals surface area contributed by atoms with Crippen LogP contribution in [0.25, 0.3) is 11.1 Å². The van der Waals surface area contributed by atoms with E-state index in [4.69, 9.17) is 11.5 Å². The molecule has 2 unspecified atom stereocenters. The molecule has 9 nitrogen and oxygen atoms in total. The zero-order chi connectivity index (χ0) is 28.8. The van der Waals surface area contributed by atoms with E-state index in [-0.39, 0.29) is 30.1 Å². The minimum Gasteiger partial charge on any atom is -0.507 e. The summed E-state index contributed by atoms with van der Waals surface area (Å²) in [5.74, 6) is -7.10. The summed E-state index contributed by atoms with van der Waals surface area (Å²) >= 11 is 0. The van der Waals surface area contributed by atoms with Crippen LogP contribution in [0, 0.1) is 34.5 Å². The molecule has 8 atom stereocenters. The quantitative estimate of drug-likeness (QED) is 0.253. The number of phenolic OH excluding ortho intramolecular Hbond substituents is 1. The first kappa shape index (κ1) is 27.3. The van der Waals surface area contributed by atoms with Gasteiger partial charge in [-0.2, -0.15) is 0 Å². The lowest BCUT2D eigenvalue weighted by Gasteiger charge is -2.66. The number of hydrogen-bond donors (Lipinski definition) is 6. The number of rotatable bonds is 3. The molecule has 39 heavy (non-hydrogen) atoms. The number of ketones is 2. The molecule has 0 saturated heterocycles. The fourth-order valence-electron chi connectivity index (χ4n) is 8.47. The smallest absolute Gasteiger partial charge is 0.230 e. The standard InChI is InChI=1S/C30H36N2O7/c1-13(2)21-24(35)20(27(32)38)25(36)30(39)26(37)22-23(34)19-17(11-28(22,3)12-29(21,30)4)16(9-10-18(19)33)14-5-7-15(31)8-6-14/h5-10,13,20-22,24,26,33,35,37,39H,11-12,31H2,1-4H3,(H2,32,38)/t20-,21+,22-,24?,26?,28-,29-,30+/m1/s1. The van der Waals surface area contributed by atoms with Crippen LogP contribution in [0.15, 0.2) is 36.4 Å². The second kappa shape index (κ2) is 8.61. The third kappa shape index (κ3) is 3.46. The minimum absolute atomic E-state index is 0.0354. The number of aliphatic hydroxyl groups excluding tert-OH is 2. The number of primary amides is 1. The summed E-state index contributed by atoms with van der Waals surface area (Å²) in [4.78, 5) is 40.2. The fraction of sp³-hybridized carbons (Fsp3) is 0.500. The van der Waals surface area contributed by atoms with Gasteiger partial charge in [0.05, 0.1) is 17.6 Å². The van der Waals surface area contributed by atoms with E-state index in [1.807, 2.05) is 32.9 Å². The Balaban J connectivity index is 1.73. The van der Waals surface area contributed by atoms with Crippen molar-refractivity contribution in [3.05, 3.63) is 47.5 Å². The number of anilines is 1. The first-order valence-electron chi connectivity index (χ1n) is 13.3. The number of aromatic hydroxyl groups is 1. The number of aliphatic hydroxyl groups is 3. The summed E-state index contributed by atoms with van der Waals surface area (Å²) < 4.78 is 0. The van der Waals surface area contributed by atoms with Gasteiger partial charge in [0.15, 0.2) is 17.2 Å². The summed E-state index contributed by atoms with van der Waals surface area (Å²) in [6, 6.07) is 10.3. The molecule has 0 spiro atoms. The molecule has 3 aliphatic rings. The predicted octanol–water partition coefficient (Wildman–Crippen LogP) is 1.82. The number of nitrogen functional groups attached to an aromatic ring is 1. The summed E-state index contributed by atoms with van der Waals surface area (Å²) in [6.45, 7) is 7.10. The highest BCUT2D eigenvalue weighted by molar-refractivity contribution is 6.09. The van der Waals surface area contributed by atoms with E-state index in [1.54, 1.807) is 25.1 Å². The number of carbonyl (C=O) groups excluding carboxylic acids is 3. The number of fused-ring (bicyclic) bond motifs is 3. The first-order chi connectivity index (χ1) is 18.1. The van der Waals surface area contributed by atoms with Gasteiger partial charge in [0.25, 0.3) is 0 Å². The second-order valence-electron chi connectivity index (χ2n) is 12.6. The van der Waals surface area contributed by atoms with Crippen molar-refractivity contribution in [3.8, 4) is 16.9 Å². The number of carbonyl (C=O) groups is 3. The molecule has 0 aromatic heterocycles. The molecule has 0 radical (unpaired) electrons. The molecular weight excluding hydrogens is 500 g/mol. The Labute approximate surface area is 226 Å². The van der Waals surface area contributed by atoms with E-state index < -0.39 is 63.9 Å². The molecule has 0 aliphatic heterocycles. The largest absolute Gasteiger partial charge is 0.507 e. The Morgan fingerprint density at radius 2 is 1.67 bits per heavy atom. The molecule has 0 bridgehead atoms. The van der Waals surface area contributed by atoms with Gasteiger partial charge in [0, 0.05) is 11.1 Å². The summed E-state index contributed by atoms with van der Waals surface area (Å²) in [6.07, 6.45) is -3.01. The van der Waals surface area contributed by atoms with Crippen LogP contribution >= 0.6 is 0 Å². The third-order valence-electron chi connectivity index (χ3n) is 9.89. The maximum absolute atomic E-state index is 14.1. The predicted molar refractivity (Wildman–Crippen MR) is 143 cm³/mol. The molecular formula is C30H36N2O7. The molecule has 2 aromatic rings. The number of benzene rings is 2. The third-order valence-corrected chi connectivity index (χ3v) is 9.89. The van der Waals surface area contributed by atoms with Crippen LogP contribution in [-0.2, 0) is 16.0 Å². The number of amides is 1. The molecule has 2 fully saturated rings. The molecule has 2 aromatic carbocycles. The van der Waals surface area contributed by atoms with Gasteiger partial charge in [-0.05, 0) is 65.0 Å². The normalized spacial score (nSPS) is 37.7. The van der Waals surface area contributed by atoms with Crippen molar-refractivity contribution < 1.29 is 34.8 Å². The maximum atomic E-state index is 14.1. The lowest BCUT2D eigenvalue weighted by molar-refractivity contribution is -0.265. The van der Waals surface area contributed by atoms with Crippen LogP contribution in [0.1, 0.15) is 50.0 Å². The molecule has 8 N–H and O–H groups in total. The summed E-state index contributed by atoms with van der Waals surface area (Å²) in [5.41, 5.74) is 9.22. The topological polar surface area (TPSA) is 184 Å². The summed E-state index contributed by atoms with van der Waals surface area (Å²) in [5, 5.41) is 46.1. The molecule has 3 aliphatic carbocycles. The SMILES string of the molecule is CC(C)[C@H]1C(O)[C@@H](C(N)=O)C(=O)[C@]2(O)C(O)[C@H]3C(=O)c4c(O)ccc(-c5ccc(N)cc5)c4C[C@]3(C)C[C@]12C. The zero-order valence-corrected chi connectivity index (χ0v) is 22.5. The number of phenols is 1. The van der Waals surface area contributed by atoms with Crippen molar-refractivity contribution in [1.82, 2.24) is 0 Å². The van der Waals surface area contributed by atoms with E-state index >= 15 is 0 Å². The van der Waals surface area contributed by atoms with Crippen molar-refractivity contribution in [2.75, 3.05) is 5.73 Å². The van der Waals surface area contributed by atoms with Crippen molar-refractivity contribution in [1.29, 1.82) is 0 Å². The van der Waals surface area contributed by atoms with Gasteiger partial charge in [-0.25, -0.2) is 0 Å². The Morgan fingerprint density at radius 1 is 1.05 bits per heavy atom. The van der Waals surface area contributed by atoms with Crippen LogP contribution in [0.3, 0.4) is 0 Å². The van der Waals surface area contributed by atoms with E-state index in [0.29, 0.717) is 11.3 Å². The van der Waals surface area contributed by atoms with Crippen molar-refractivity contribution >= 4 is 23.2 Å². The second-order valence-corrected chi connectivity index (χ2v) is 12.6. The van der Waals surface area contributed by atoms with Gasteiger partial charge in [-0.3, -0.25) is 14.4 Å². The van der Waals surface area contributed by atoms with Gasteiger partial charge in [-0.1, -0.05) is 45.9 Å². The highest BCUT2D eigenvalue weighted by Crippen LogP contribution is 2.66. The van der Waals surface area contributed by atoms with Gasteiger partial charge in [-0.15, -0.1) is 0 Å². The van der Waals surface area contributed by atoms with E-state index in [1.165, 1.54) is 6.07 Å².